The van der Waals surface area contributed by atoms with E-state index in [1.54, 1.807) is 24.1 Å². The summed E-state index contributed by atoms with van der Waals surface area (Å²) < 4.78 is 1.67. The van der Waals surface area contributed by atoms with Crippen LogP contribution in [0.25, 0.3) is 0 Å². The second-order valence-electron chi connectivity index (χ2n) is 7.65. The predicted molar refractivity (Wildman–Crippen MR) is 124 cm³/mol. The van der Waals surface area contributed by atoms with Crippen molar-refractivity contribution in [3.8, 4) is 0 Å². The van der Waals surface area contributed by atoms with E-state index in [1.165, 1.54) is 0 Å². The fourth-order valence-electron chi connectivity index (χ4n) is 3.64. The van der Waals surface area contributed by atoms with E-state index in [1.807, 2.05) is 30.3 Å². The van der Waals surface area contributed by atoms with E-state index in [0.29, 0.717) is 11.6 Å². The first-order valence-corrected chi connectivity index (χ1v) is 10.0. The van der Waals surface area contributed by atoms with Crippen molar-refractivity contribution in [3.05, 3.63) is 36.3 Å². The number of carbonyl (C=O) groups is 2. The largest absolute Gasteiger partial charge is 0.353 e. The molecule has 1 unspecified atom stereocenters. The number of piperazine rings is 1. The summed E-state index contributed by atoms with van der Waals surface area (Å²) in [5, 5.41) is 10.0. The van der Waals surface area contributed by atoms with Crippen LogP contribution >= 0.6 is 24.8 Å². The van der Waals surface area contributed by atoms with Crippen molar-refractivity contribution in [1.29, 1.82) is 0 Å². The summed E-state index contributed by atoms with van der Waals surface area (Å²) in [7, 11) is 3.56. The molecule has 1 saturated carbocycles. The number of aryl methyl sites for hydroxylation is 1. The minimum absolute atomic E-state index is 0. The highest BCUT2D eigenvalue weighted by atomic mass is 35.5. The van der Waals surface area contributed by atoms with Crippen molar-refractivity contribution < 1.29 is 9.59 Å². The molecule has 1 aliphatic heterocycles. The first kappa shape index (κ1) is 24.9. The second kappa shape index (κ2) is 10.8. The van der Waals surface area contributed by atoms with Gasteiger partial charge in [0.1, 0.15) is 11.9 Å². The lowest BCUT2D eigenvalue weighted by molar-refractivity contribution is -0.132. The highest BCUT2D eigenvalue weighted by Gasteiger charge is 2.34. The summed E-state index contributed by atoms with van der Waals surface area (Å²) in [5.41, 5.74) is 1.45. The number of halogens is 2. The highest BCUT2D eigenvalue weighted by molar-refractivity contribution is 5.95. The van der Waals surface area contributed by atoms with Gasteiger partial charge in [0, 0.05) is 50.9 Å². The number of carbonyl (C=O) groups excluding carboxylic acids is 2. The molecule has 170 valence electrons. The number of hydrogen-bond donors (Lipinski definition) is 2. The molecule has 1 atom stereocenters. The number of anilines is 2. The Bertz CT molecular complexity index is 878. The molecule has 2 aliphatic rings. The average molecular weight is 470 g/mol. The SMILES string of the molecule is CNC(C(=O)Nc1ccc(N2CCN(C(=O)C3CC3)CC2)nc1)c1cnn(C)c1.Cl.Cl. The quantitative estimate of drug-likeness (QED) is 0.667. The van der Waals surface area contributed by atoms with Gasteiger partial charge in [0.25, 0.3) is 0 Å². The molecule has 11 heteroatoms. The summed E-state index contributed by atoms with van der Waals surface area (Å²) in [6.07, 6.45) is 7.25. The van der Waals surface area contributed by atoms with Gasteiger partial charge in [0.2, 0.25) is 11.8 Å². The normalized spacial score (nSPS) is 16.7. The van der Waals surface area contributed by atoms with E-state index in [9.17, 15) is 9.59 Å². The molecule has 9 nitrogen and oxygen atoms in total. The third kappa shape index (κ3) is 5.87. The van der Waals surface area contributed by atoms with Crippen LogP contribution in [0.3, 0.4) is 0 Å². The molecule has 0 spiro atoms. The van der Waals surface area contributed by atoms with Gasteiger partial charge >= 0.3 is 0 Å². The summed E-state index contributed by atoms with van der Waals surface area (Å²) in [4.78, 5) is 33.4. The molecule has 2 aromatic heterocycles. The van der Waals surface area contributed by atoms with Gasteiger partial charge in [-0.3, -0.25) is 14.3 Å². The van der Waals surface area contributed by atoms with E-state index in [2.05, 4.69) is 25.6 Å². The fourth-order valence-corrected chi connectivity index (χ4v) is 3.64. The van der Waals surface area contributed by atoms with Gasteiger partial charge < -0.3 is 20.4 Å². The van der Waals surface area contributed by atoms with Gasteiger partial charge in [-0.2, -0.15) is 5.10 Å². The Balaban J connectivity index is 0.00000171. The van der Waals surface area contributed by atoms with E-state index in [4.69, 9.17) is 0 Å². The van der Waals surface area contributed by atoms with Gasteiger partial charge in [-0.1, -0.05) is 0 Å². The number of nitrogens with zero attached hydrogens (tertiary/aromatic N) is 5. The molecule has 2 aromatic rings. The molecule has 2 amide bonds. The monoisotopic (exact) mass is 469 g/mol. The van der Waals surface area contributed by atoms with Crippen LogP contribution in [-0.4, -0.2) is 64.7 Å². The summed E-state index contributed by atoms with van der Waals surface area (Å²) >= 11 is 0. The topological polar surface area (TPSA) is 95.4 Å². The van der Waals surface area contributed by atoms with E-state index >= 15 is 0 Å². The Morgan fingerprint density at radius 1 is 1.10 bits per heavy atom. The number of amides is 2. The summed E-state index contributed by atoms with van der Waals surface area (Å²) in [6.45, 7) is 3.04. The Morgan fingerprint density at radius 2 is 1.81 bits per heavy atom. The first-order valence-electron chi connectivity index (χ1n) is 10.0. The number of pyridine rings is 1. The number of aromatic nitrogens is 3. The van der Waals surface area contributed by atoms with Gasteiger partial charge in [-0.25, -0.2) is 4.98 Å². The molecule has 0 aromatic carbocycles. The molecule has 0 bridgehead atoms. The third-order valence-electron chi connectivity index (χ3n) is 5.47. The summed E-state index contributed by atoms with van der Waals surface area (Å²) in [5.74, 6) is 1.28. The Kier molecular flexibility index (Phi) is 8.67. The first-order chi connectivity index (χ1) is 14.0. The van der Waals surface area contributed by atoms with Crippen molar-refractivity contribution >= 4 is 48.1 Å². The van der Waals surface area contributed by atoms with Crippen molar-refractivity contribution in [2.75, 3.05) is 43.4 Å². The van der Waals surface area contributed by atoms with Gasteiger partial charge in [0.05, 0.1) is 18.1 Å². The Labute approximate surface area is 194 Å². The van der Waals surface area contributed by atoms with Crippen LogP contribution in [0.4, 0.5) is 11.5 Å². The standard InChI is InChI=1S/C20H27N7O2.2ClH/c1-21-18(15-11-23-25(2)13-15)19(28)24-16-5-6-17(22-12-16)26-7-9-27(10-8-26)20(29)14-3-4-14;;/h5-6,11-14,18,21H,3-4,7-10H2,1-2H3,(H,24,28);2*1H. The molecule has 31 heavy (non-hydrogen) atoms. The third-order valence-corrected chi connectivity index (χ3v) is 5.47. The molecule has 1 aliphatic carbocycles. The Morgan fingerprint density at radius 3 is 2.32 bits per heavy atom. The van der Waals surface area contributed by atoms with E-state index in [0.717, 1.165) is 50.4 Å². The van der Waals surface area contributed by atoms with Gasteiger partial charge in [-0.05, 0) is 32.0 Å². The van der Waals surface area contributed by atoms with Crippen LogP contribution in [0.15, 0.2) is 30.7 Å². The number of nitrogens with one attached hydrogen (secondary N) is 2. The van der Waals surface area contributed by atoms with E-state index in [-0.39, 0.29) is 36.6 Å². The number of likely N-dealkylation sites (N-methyl/N-ethyl adjacent to an activating group) is 1. The van der Waals surface area contributed by atoms with Crippen molar-refractivity contribution in [1.82, 2.24) is 25.0 Å². The molecule has 2 fully saturated rings. The zero-order chi connectivity index (χ0) is 20.4. The smallest absolute Gasteiger partial charge is 0.246 e. The summed E-state index contributed by atoms with van der Waals surface area (Å²) in [6, 6.07) is 3.28. The molecule has 3 heterocycles. The maximum Gasteiger partial charge on any atom is 0.246 e. The molecular formula is C20H29Cl2N7O2. The van der Waals surface area contributed by atoms with Crippen LogP contribution in [0.2, 0.25) is 0 Å². The zero-order valence-electron chi connectivity index (χ0n) is 17.7. The van der Waals surface area contributed by atoms with Gasteiger partial charge in [0.15, 0.2) is 0 Å². The number of rotatable bonds is 6. The minimum Gasteiger partial charge on any atom is -0.353 e. The molecule has 0 radical (unpaired) electrons. The second-order valence-corrected chi connectivity index (χ2v) is 7.65. The molecular weight excluding hydrogens is 441 g/mol. The number of hydrogen-bond acceptors (Lipinski definition) is 6. The van der Waals surface area contributed by atoms with Crippen LogP contribution in [0, 0.1) is 5.92 Å². The molecule has 1 saturated heterocycles. The predicted octanol–water partition coefficient (Wildman–Crippen LogP) is 1.62. The Hall–Kier alpha value is -2.36. The maximum absolute atomic E-state index is 12.6. The van der Waals surface area contributed by atoms with Crippen LogP contribution in [0.1, 0.15) is 24.4 Å². The van der Waals surface area contributed by atoms with E-state index < -0.39 is 6.04 Å². The lowest BCUT2D eigenvalue weighted by Gasteiger charge is -2.35. The van der Waals surface area contributed by atoms with Gasteiger partial charge in [-0.15, -0.1) is 24.8 Å². The maximum atomic E-state index is 12.6. The minimum atomic E-state index is -0.486. The molecule has 4 rings (SSSR count). The highest BCUT2D eigenvalue weighted by Crippen LogP contribution is 2.31. The van der Waals surface area contributed by atoms with Crippen LogP contribution in [0.5, 0.6) is 0 Å². The van der Waals surface area contributed by atoms with Crippen molar-refractivity contribution in [2.24, 2.45) is 13.0 Å². The van der Waals surface area contributed by atoms with Crippen LogP contribution in [-0.2, 0) is 16.6 Å². The zero-order valence-corrected chi connectivity index (χ0v) is 19.3. The lowest BCUT2D eigenvalue weighted by Crippen LogP contribution is -2.49. The molecule has 2 N–H and O–H groups in total. The average Bonchev–Trinajstić information content (AvgIpc) is 3.50. The van der Waals surface area contributed by atoms with Crippen molar-refractivity contribution in [3.63, 3.8) is 0 Å². The lowest BCUT2D eigenvalue weighted by atomic mass is 10.1. The fraction of sp³-hybridized carbons (Fsp3) is 0.500. The van der Waals surface area contributed by atoms with Crippen molar-refractivity contribution in [2.45, 2.75) is 18.9 Å². The van der Waals surface area contributed by atoms with Crippen LogP contribution < -0.4 is 15.5 Å².